The Morgan fingerprint density at radius 3 is 1.71 bits per heavy atom. The minimum atomic E-state index is -0.379. The topological polar surface area (TPSA) is 52.3 Å². The number of primary amides is 1. The summed E-state index contributed by atoms with van der Waals surface area (Å²) in [4.78, 5) is 10.4. The van der Waals surface area contributed by atoms with Crippen LogP contribution >= 0.6 is 0 Å². The Hall–Kier alpha value is -2.29. The molecule has 0 aliphatic heterocycles. The van der Waals surface area contributed by atoms with E-state index < -0.39 is 0 Å². The molecule has 0 saturated heterocycles. The predicted octanol–water partition coefficient (Wildman–Crippen LogP) is 2.48. The van der Waals surface area contributed by atoms with Crippen LogP contribution in [-0.4, -0.2) is 13.0 Å². The SMILES string of the molecule is COc1ccccc1.NC(=O)c1ccccc1. The van der Waals surface area contributed by atoms with E-state index in [4.69, 9.17) is 10.5 Å². The maximum atomic E-state index is 10.4. The van der Waals surface area contributed by atoms with Gasteiger partial charge in [-0.1, -0.05) is 36.4 Å². The third kappa shape index (κ3) is 4.84. The van der Waals surface area contributed by atoms with Gasteiger partial charge in [0.2, 0.25) is 5.91 Å². The lowest BCUT2D eigenvalue weighted by molar-refractivity contribution is 0.100. The molecule has 0 aliphatic rings. The van der Waals surface area contributed by atoms with Crippen LogP contribution in [0.3, 0.4) is 0 Å². The largest absolute Gasteiger partial charge is 0.497 e. The van der Waals surface area contributed by atoms with Crippen LogP contribution in [0.2, 0.25) is 0 Å². The van der Waals surface area contributed by atoms with Crippen LogP contribution in [0.1, 0.15) is 10.4 Å². The van der Waals surface area contributed by atoms with Gasteiger partial charge in [0, 0.05) is 5.56 Å². The van der Waals surface area contributed by atoms with Gasteiger partial charge in [-0.2, -0.15) is 0 Å². The third-order valence-corrected chi connectivity index (χ3v) is 2.04. The summed E-state index contributed by atoms with van der Waals surface area (Å²) in [6, 6.07) is 18.4. The highest BCUT2D eigenvalue weighted by Crippen LogP contribution is 2.05. The predicted molar refractivity (Wildman–Crippen MR) is 68.0 cm³/mol. The molecule has 0 bridgehead atoms. The zero-order valence-electron chi connectivity index (χ0n) is 9.67. The van der Waals surface area contributed by atoms with Crippen molar-refractivity contribution in [1.82, 2.24) is 0 Å². The Bertz CT molecular complexity index is 440. The van der Waals surface area contributed by atoms with Gasteiger partial charge in [0.25, 0.3) is 0 Å². The highest BCUT2D eigenvalue weighted by Gasteiger charge is 1.93. The molecule has 0 aliphatic carbocycles. The van der Waals surface area contributed by atoms with Crippen molar-refractivity contribution in [1.29, 1.82) is 0 Å². The lowest BCUT2D eigenvalue weighted by Crippen LogP contribution is -2.09. The van der Waals surface area contributed by atoms with Crippen molar-refractivity contribution >= 4 is 5.91 Å². The highest BCUT2D eigenvalue weighted by atomic mass is 16.5. The van der Waals surface area contributed by atoms with E-state index in [-0.39, 0.29) is 5.91 Å². The van der Waals surface area contributed by atoms with E-state index in [0.29, 0.717) is 5.56 Å². The average molecular weight is 229 g/mol. The van der Waals surface area contributed by atoms with Gasteiger partial charge in [-0.15, -0.1) is 0 Å². The zero-order valence-corrected chi connectivity index (χ0v) is 9.67. The van der Waals surface area contributed by atoms with Crippen LogP contribution in [-0.2, 0) is 0 Å². The molecule has 0 spiro atoms. The summed E-state index contributed by atoms with van der Waals surface area (Å²) in [7, 11) is 1.66. The third-order valence-electron chi connectivity index (χ3n) is 2.04. The number of benzene rings is 2. The molecule has 0 heterocycles. The van der Waals surface area contributed by atoms with E-state index in [9.17, 15) is 4.79 Å². The number of carbonyl (C=O) groups excluding carboxylic acids is 1. The van der Waals surface area contributed by atoms with Gasteiger partial charge in [0.05, 0.1) is 7.11 Å². The summed E-state index contributed by atoms with van der Waals surface area (Å²) in [5.41, 5.74) is 5.53. The molecule has 2 aromatic carbocycles. The Kier molecular flexibility index (Phi) is 5.31. The molecule has 2 rings (SSSR count). The van der Waals surface area contributed by atoms with Gasteiger partial charge in [0.15, 0.2) is 0 Å². The number of nitrogens with two attached hydrogens (primary N) is 1. The van der Waals surface area contributed by atoms with Crippen LogP contribution < -0.4 is 10.5 Å². The van der Waals surface area contributed by atoms with Crippen molar-refractivity contribution in [2.75, 3.05) is 7.11 Å². The summed E-state index contributed by atoms with van der Waals surface area (Å²) in [5.74, 6) is 0.531. The number of hydrogen-bond donors (Lipinski definition) is 1. The van der Waals surface area contributed by atoms with Gasteiger partial charge in [-0.25, -0.2) is 0 Å². The molecule has 88 valence electrons. The number of para-hydroxylation sites is 1. The first-order valence-corrected chi connectivity index (χ1v) is 5.18. The van der Waals surface area contributed by atoms with E-state index in [0.717, 1.165) is 5.75 Å². The second kappa shape index (κ2) is 7.06. The fourth-order valence-electron chi connectivity index (χ4n) is 1.16. The number of rotatable bonds is 2. The van der Waals surface area contributed by atoms with Crippen molar-refractivity contribution in [2.24, 2.45) is 5.73 Å². The molecular weight excluding hydrogens is 214 g/mol. The molecule has 3 heteroatoms. The smallest absolute Gasteiger partial charge is 0.248 e. The fourth-order valence-corrected chi connectivity index (χ4v) is 1.16. The molecule has 17 heavy (non-hydrogen) atoms. The van der Waals surface area contributed by atoms with E-state index in [2.05, 4.69) is 0 Å². The minimum absolute atomic E-state index is 0.379. The molecule has 0 unspecified atom stereocenters. The Balaban J connectivity index is 0.000000171. The van der Waals surface area contributed by atoms with Gasteiger partial charge in [-0.3, -0.25) is 4.79 Å². The standard InChI is InChI=1S/C7H7NO.C7H8O/c8-7(9)6-4-2-1-3-5-6;1-8-7-5-3-2-4-6-7/h1-5H,(H2,8,9);2-6H,1H3. The first-order valence-electron chi connectivity index (χ1n) is 5.18. The van der Waals surface area contributed by atoms with Crippen molar-refractivity contribution in [3.05, 3.63) is 66.2 Å². The minimum Gasteiger partial charge on any atom is -0.497 e. The van der Waals surface area contributed by atoms with Crippen LogP contribution in [0.5, 0.6) is 5.75 Å². The van der Waals surface area contributed by atoms with E-state index in [1.807, 2.05) is 36.4 Å². The summed E-state index contributed by atoms with van der Waals surface area (Å²) in [6.45, 7) is 0. The lowest BCUT2D eigenvalue weighted by Gasteiger charge is -1.93. The van der Waals surface area contributed by atoms with Crippen molar-refractivity contribution in [3.63, 3.8) is 0 Å². The quantitative estimate of drug-likeness (QED) is 0.860. The molecule has 0 saturated carbocycles. The lowest BCUT2D eigenvalue weighted by atomic mass is 10.2. The van der Waals surface area contributed by atoms with Gasteiger partial charge in [-0.05, 0) is 24.3 Å². The van der Waals surface area contributed by atoms with E-state index in [1.165, 1.54) is 0 Å². The number of carbonyl (C=O) groups is 1. The first-order chi connectivity index (χ1) is 8.24. The first kappa shape index (κ1) is 12.8. The summed E-state index contributed by atoms with van der Waals surface area (Å²) >= 11 is 0. The summed E-state index contributed by atoms with van der Waals surface area (Å²) in [5, 5.41) is 0. The van der Waals surface area contributed by atoms with Crippen molar-refractivity contribution < 1.29 is 9.53 Å². The molecule has 3 nitrogen and oxygen atoms in total. The van der Waals surface area contributed by atoms with Gasteiger partial charge >= 0.3 is 0 Å². The number of ether oxygens (including phenoxy) is 1. The van der Waals surface area contributed by atoms with Crippen LogP contribution in [0.25, 0.3) is 0 Å². The van der Waals surface area contributed by atoms with Crippen LogP contribution in [0, 0.1) is 0 Å². The molecule has 0 fully saturated rings. The Labute approximate surface area is 101 Å². The molecule has 0 atom stereocenters. The van der Waals surface area contributed by atoms with E-state index in [1.54, 1.807) is 31.4 Å². The average Bonchev–Trinajstić information content (AvgIpc) is 2.41. The summed E-state index contributed by atoms with van der Waals surface area (Å²) in [6.07, 6.45) is 0. The molecule has 2 N–H and O–H groups in total. The van der Waals surface area contributed by atoms with Gasteiger partial charge < -0.3 is 10.5 Å². The number of amides is 1. The normalized spacial score (nSPS) is 8.76. The second-order valence-corrected chi connectivity index (χ2v) is 3.25. The molecular formula is C14H15NO2. The molecule has 1 amide bonds. The van der Waals surface area contributed by atoms with Crippen molar-refractivity contribution in [3.8, 4) is 5.75 Å². The summed E-state index contributed by atoms with van der Waals surface area (Å²) < 4.78 is 4.91. The maximum Gasteiger partial charge on any atom is 0.248 e. The van der Waals surface area contributed by atoms with E-state index >= 15 is 0 Å². The monoisotopic (exact) mass is 229 g/mol. The fraction of sp³-hybridized carbons (Fsp3) is 0.0714. The number of hydrogen-bond acceptors (Lipinski definition) is 2. The Morgan fingerprint density at radius 2 is 1.41 bits per heavy atom. The Morgan fingerprint density at radius 1 is 0.941 bits per heavy atom. The molecule has 0 aromatic heterocycles. The van der Waals surface area contributed by atoms with Gasteiger partial charge in [0.1, 0.15) is 5.75 Å². The van der Waals surface area contributed by atoms with Crippen molar-refractivity contribution in [2.45, 2.75) is 0 Å². The van der Waals surface area contributed by atoms with Crippen LogP contribution in [0.4, 0.5) is 0 Å². The maximum absolute atomic E-state index is 10.4. The number of methoxy groups -OCH3 is 1. The zero-order chi connectivity index (χ0) is 12.5. The highest BCUT2D eigenvalue weighted by molar-refractivity contribution is 5.92. The second-order valence-electron chi connectivity index (χ2n) is 3.25. The molecule has 2 aromatic rings. The molecule has 0 radical (unpaired) electrons. The van der Waals surface area contributed by atoms with Crippen LogP contribution in [0.15, 0.2) is 60.7 Å².